The molecule has 0 bridgehead atoms. The zero-order chi connectivity index (χ0) is 34.2. The largest absolute Gasteiger partial charge is 0.456 e. The molecule has 3 aromatic heterocycles. The molecule has 0 aliphatic heterocycles. The van der Waals surface area contributed by atoms with Gasteiger partial charge in [0, 0.05) is 43.9 Å². The molecule has 0 atom stereocenters. The van der Waals surface area contributed by atoms with E-state index in [1.165, 1.54) is 32.3 Å². The van der Waals surface area contributed by atoms with Crippen LogP contribution in [0.2, 0.25) is 0 Å². The van der Waals surface area contributed by atoms with Gasteiger partial charge in [-0.05, 0) is 70.1 Å². The second kappa shape index (κ2) is 11.2. The second-order valence-electron chi connectivity index (χ2n) is 13.3. The van der Waals surface area contributed by atoms with Gasteiger partial charge in [-0.3, -0.25) is 0 Å². The third-order valence-corrected chi connectivity index (χ3v) is 10.2. The first kappa shape index (κ1) is 28.7. The summed E-state index contributed by atoms with van der Waals surface area (Å²) in [6, 6.07) is 59.3. The van der Waals surface area contributed by atoms with Gasteiger partial charge in [0.05, 0.1) is 11.0 Å². The number of aromatic nitrogens is 4. The van der Waals surface area contributed by atoms with Crippen molar-refractivity contribution in [3.63, 3.8) is 0 Å². The number of hydrogen-bond acceptors (Lipinski definition) is 4. The van der Waals surface area contributed by atoms with Gasteiger partial charge in [-0.2, -0.15) is 0 Å². The van der Waals surface area contributed by atoms with Gasteiger partial charge in [-0.25, -0.2) is 15.0 Å². The highest BCUT2D eigenvalue weighted by molar-refractivity contribution is 6.17. The molecule has 0 aliphatic carbocycles. The molecule has 11 rings (SSSR count). The first-order valence-corrected chi connectivity index (χ1v) is 17.4. The third kappa shape index (κ3) is 4.46. The average molecular weight is 665 g/mol. The van der Waals surface area contributed by atoms with E-state index in [9.17, 15) is 0 Å². The van der Waals surface area contributed by atoms with Crippen LogP contribution in [-0.4, -0.2) is 19.5 Å². The van der Waals surface area contributed by atoms with Crippen LogP contribution in [0.25, 0.3) is 105 Å². The number of fused-ring (bicyclic) bond motifs is 8. The van der Waals surface area contributed by atoms with Gasteiger partial charge < -0.3 is 8.98 Å². The fourth-order valence-electron chi connectivity index (χ4n) is 7.75. The highest BCUT2D eigenvalue weighted by atomic mass is 16.3. The van der Waals surface area contributed by atoms with Crippen molar-refractivity contribution in [2.24, 2.45) is 0 Å². The first-order valence-electron chi connectivity index (χ1n) is 17.4. The molecule has 5 nitrogen and oxygen atoms in total. The normalized spacial score (nSPS) is 11.8. The lowest BCUT2D eigenvalue weighted by atomic mass is 10.0. The molecule has 0 N–H and O–H groups in total. The van der Waals surface area contributed by atoms with E-state index in [4.69, 9.17) is 19.4 Å². The number of para-hydroxylation sites is 1. The lowest BCUT2D eigenvalue weighted by molar-refractivity contribution is 0.669. The Bertz CT molecular complexity index is 3100. The quantitative estimate of drug-likeness (QED) is 0.188. The van der Waals surface area contributed by atoms with Crippen molar-refractivity contribution in [1.29, 1.82) is 0 Å². The van der Waals surface area contributed by atoms with Crippen molar-refractivity contribution in [2.75, 3.05) is 0 Å². The fraction of sp³-hybridized carbons (Fsp3) is 0. The minimum absolute atomic E-state index is 0.598. The molecular formula is C47H28N4O. The summed E-state index contributed by atoms with van der Waals surface area (Å²) in [5.41, 5.74) is 7.71. The van der Waals surface area contributed by atoms with Crippen molar-refractivity contribution in [1.82, 2.24) is 19.5 Å². The Kier molecular flexibility index (Phi) is 6.18. The highest BCUT2D eigenvalue weighted by Gasteiger charge is 2.19. The molecule has 0 spiro atoms. The average Bonchev–Trinajstić information content (AvgIpc) is 3.74. The zero-order valence-corrected chi connectivity index (χ0v) is 27.9. The van der Waals surface area contributed by atoms with Crippen molar-refractivity contribution in [3.8, 4) is 39.9 Å². The molecular weight excluding hydrogens is 637 g/mol. The predicted molar refractivity (Wildman–Crippen MR) is 213 cm³/mol. The van der Waals surface area contributed by atoms with Crippen LogP contribution in [0.3, 0.4) is 0 Å². The second-order valence-corrected chi connectivity index (χ2v) is 13.3. The molecule has 0 aliphatic rings. The molecule has 0 radical (unpaired) electrons. The lowest BCUT2D eigenvalue weighted by Gasteiger charge is -2.12. The topological polar surface area (TPSA) is 56.7 Å². The van der Waals surface area contributed by atoms with E-state index in [0.717, 1.165) is 55.3 Å². The molecule has 0 saturated carbocycles. The van der Waals surface area contributed by atoms with Gasteiger partial charge in [0.1, 0.15) is 11.2 Å². The van der Waals surface area contributed by atoms with Crippen LogP contribution in [0.4, 0.5) is 0 Å². The maximum absolute atomic E-state index is 6.25. The SMILES string of the molecule is c1ccc(-c2nc(-c3cccc(-n4c5cc6ccccc6cc5c5cc6ccccc6cc54)c3)nc(-c3cccc4oc5ccccc5c34)n2)cc1. The minimum atomic E-state index is 0.598. The summed E-state index contributed by atoms with van der Waals surface area (Å²) in [5, 5.41) is 9.33. The molecule has 0 fully saturated rings. The third-order valence-electron chi connectivity index (χ3n) is 10.2. The predicted octanol–water partition coefficient (Wildman–Crippen LogP) is 12.2. The van der Waals surface area contributed by atoms with E-state index >= 15 is 0 Å². The number of nitrogens with zero attached hydrogens (tertiary/aromatic N) is 4. The van der Waals surface area contributed by atoms with E-state index in [2.05, 4.69) is 114 Å². The summed E-state index contributed by atoms with van der Waals surface area (Å²) in [4.78, 5) is 15.4. The van der Waals surface area contributed by atoms with Crippen LogP contribution < -0.4 is 0 Å². The Labute approximate surface area is 298 Å². The Morgan fingerprint density at radius 2 is 0.923 bits per heavy atom. The van der Waals surface area contributed by atoms with E-state index < -0.39 is 0 Å². The van der Waals surface area contributed by atoms with Crippen molar-refractivity contribution in [3.05, 3.63) is 170 Å². The molecule has 8 aromatic carbocycles. The molecule has 0 amide bonds. The molecule has 11 aromatic rings. The van der Waals surface area contributed by atoms with Crippen LogP contribution in [0.15, 0.2) is 174 Å². The summed E-state index contributed by atoms with van der Waals surface area (Å²) in [6.45, 7) is 0. The molecule has 0 saturated heterocycles. The Hall–Kier alpha value is -7.11. The molecule has 3 heterocycles. The summed E-state index contributed by atoms with van der Waals surface area (Å²) >= 11 is 0. The van der Waals surface area contributed by atoms with Crippen molar-refractivity contribution >= 4 is 65.3 Å². The van der Waals surface area contributed by atoms with Crippen LogP contribution in [0, 0.1) is 0 Å². The number of benzene rings is 8. The Morgan fingerprint density at radius 3 is 1.63 bits per heavy atom. The first-order chi connectivity index (χ1) is 25.7. The van der Waals surface area contributed by atoms with Crippen molar-refractivity contribution < 1.29 is 4.42 Å². The van der Waals surface area contributed by atoms with E-state index in [-0.39, 0.29) is 0 Å². The smallest absolute Gasteiger partial charge is 0.164 e. The maximum atomic E-state index is 6.25. The molecule has 0 unspecified atom stereocenters. The summed E-state index contributed by atoms with van der Waals surface area (Å²) in [6.07, 6.45) is 0. The summed E-state index contributed by atoms with van der Waals surface area (Å²) in [5.74, 6) is 1.82. The number of hydrogen-bond donors (Lipinski definition) is 0. The van der Waals surface area contributed by atoms with Crippen LogP contribution >= 0.6 is 0 Å². The minimum Gasteiger partial charge on any atom is -0.456 e. The monoisotopic (exact) mass is 664 g/mol. The van der Waals surface area contributed by atoms with E-state index in [1.54, 1.807) is 0 Å². The number of furan rings is 1. The lowest BCUT2D eigenvalue weighted by Crippen LogP contribution is -2.01. The Balaban J connectivity index is 1.16. The van der Waals surface area contributed by atoms with Gasteiger partial charge in [-0.15, -0.1) is 0 Å². The van der Waals surface area contributed by atoms with E-state index in [0.29, 0.717) is 17.5 Å². The number of rotatable bonds is 4. The van der Waals surface area contributed by atoms with Crippen LogP contribution in [-0.2, 0) is 0 Å². The van der Waals surface area contributed by atoms with Gasteiger partial charge in [0.2, 0.25) is 0 Å². The van der Waals surface area contributed by atoms with Crippen LogP contribution in [0.1, 0.15) is 0 Å². The van der Waals surface area contributed by atoms with Gasteiger partial charge in [0.25, 0.3) is 0 Å². The summed E-state index contributed by atoms with van der Waals surface area (Å²) in [7, 11) is 0. The van der Waals surface area contributed by atoms with Gasteiger partial charge in [0.15, 0.2) is 17.5 Å². The highest BCUT2D eigenvalue weighted by Crippen LogP contribution is 2.39. The van der Waals surface area contributed by atoms with Crippen LogP contribution in [0.5, 0.6) is 0 Å². The molecule has 242 valence electrons. The molecule has 5 heteroatoms. The standard InChI is InChI=1S/C47H28N4O/c1-2-12-29(13-3-1)45-48-46(50-47(49-45)37-21-11-23-43-44(37)36-20-8-9-22-42(36)52-43)34-18-10-19-35(24-34)51-40-27-32-16-6-4-14-30(32)25-38(40)39-26-31-15-5-7-17-33(31)28-41(39)51/h1-28H. The van der Waals surface area contributed by atoms with Gasteiger partial charge >= 0.3 is 0 Å². The van der Waals surface area contributed by atoms with Crippen molar-refractivity contribution in [2.45, 2.75) is 0 Å². The zero-order valence-electron chi connectivity index (χ0n) is 27.9. The van der Waals surface area contributed by atoms with Gasteiger partial charge in [-0.1, -0.05) is 121 Å². The van der Waals surface area contributed by atoms with E-state index in [1.807, 2.05) is 60.7 Å². The molecule has 52 heavy (non-hydrogen) atoms. The fourth-order valence-corrected chi connectivity index (χ4v) is 7.75. The maximum Gasteiger partial charge on any atom is 0.164 e. The summed E-state index contributed by atoms with van der Waals surface area (Å²) < 4.78 is 8.63. The Morgan fingerprint density at radius 1 is 0.385 bits per heavy atom.